The van der Waals surface area contributed by atoms with Gasteiger partial charge in [-0.05, 0) is 56.7 Å². The Morgan fingerprint density at radius 2 is 1.74 bits per heavy atom. The molecule has 2 heterocycles. The van der Waals surface area contributed by atoms with Gasteiger partial charge in [0.05, 0.1) is 12.2 Å². The molecule has 0 aliphatic heterocycles. The molecule has 0 spiro atoms. The number of halogens is 5. The lowest BCUT2D eigenvalue weighted by Gasteiger charge is -2.17. The lowest BCUT2D eigenvalue weighted by Crippen LogP contribution is -2.19. The van der Waals surface area contributed by atoms with E-state index in [4.69, 9.17) is 4.42 Å². The van der Waals surface area contributed by atoms with Crippen molar-refractivity contribution in [2.75, 3.05) is 0 Å². The van der Waals surface area contributed by atoms with Crippen LogP contribution in [0.1, 0.15) is 59.0 Å². The van der Waals surface area contributed by atoms with Gasteiger partial charge in [0, 0.05) is 35.2 Å². The number of benzene rings is 2. The first-order chi connectivity index (χ1) is 18.6. The van der Waals surface area contributed by atoms with Crippen molar-refractivity contribution in [3.05, 3.63) is 94.3 Å². The van der Waals surface area contributed by atoms with Crippen LogP contribution in [-0.2, 0) is 36.8 Å². The Hall–Kier alpha value is -3.82. The van der Waals surface area contributed by atoms with Gasteiger partial charge in [-0.15, -0.1) is 0 Å². The Morgan fingerprint density at radius 1 is 1.05 bits per heavy atom. The summed E-state index contributed by atoms with van der Waals surface area (Å²) in [4.78, 5) is 17.7. The molecule has 0 bridgehead atoms. The van der Waals surface area contributed by atoms with Crippen molar-refractivity contribution in [2.24, 2.45) is 0 Å². The molecule has 2 aromatic heterocycles. The Bertz CT molecular complexity index is 1470. The highest BCUT2D eigenvalue weighted by Gasteiger charge is 2.39. The molecule has 2 aromatic carbocycles. The molecule has 1 aliphatic rings. The van der Waals surface area contributed by atoms with Gasteiger partial charge >= 0.3 is 6.18 Å². The first-order valence-corrected chi connectivity index (χ1v) is 12.7. The van der Waals surface area contributed by atoms with Gasteiger partial charge in [0.15, 0.2) is 23.6 Å². The summed E-state index contributed by atoms with van der Waals surface area (Å²) < 4.78 is 75.6. The van der Waals surface area contributed by atoms with E-state index in [0.717, 1.165) is 18.1 Å². The van der Waals surface area contributed by atoms with Crippen molar-refractivity contribution in [1.29, 1.82) is 0 Å². The molecule has 0 amide bonds. The van der Waals surface area contributed by atoms with E-state index < -0.39 is 29.4 Å². The molecule has 5 nitrogen and oxygen atoms in total. The number of oxazole rings is 1. The van der Waals surface area contributed by atoms with Crippen molar-refractivity contribution in [3.63, 3.8) is 0 Å². The van der Waals surface area contributed by atoms with Gasteiger partial charge in [0.25, 0.3) is 0 Å². The maximum atomic E-state index is 14.0. The fourth-order valence-corrected chi connectivity index (χ4v) is 5.28. The first-order valence-electron chi connectivity index (χ1n) is 12.7. The summed E-state index contributed by atoms with van der Waals surface area (Å²) >= 11 is 0. The highest BCUT2D eigenvalue weighted by molar-refractivity contribution is 5.79. The number of Topliss-reactive ketones (excluding diaryl/α,β-unsaturated/α-hetero) is 1. The minimum Gasteiger partial charge on any atom is -0.443 e. The Kier molecular flexibility index (Phi) is 7.38. The number of aryl methyl sites for hydroxylation is 1. The van der Waals surface area contributed by atoms with Crippen LogP contribution in [0.15, 0.2) is 53.3 Å². The van der Waals surface area contributed by atoms with Gasteiger partial charge in [-0.2, -0.15) is 18.3 Å². The summed E-state index contributed by atoms with van der Waals surface area (Å²) in [6.07, 6.45) is -1.40. The van der Waals surface area contributed by atoms with Gasteiger partial charge in [0.1, 0.15) is 11.6 Å². The summed E-state index contributed by atoms with van der Waals surface area (Å²) in [7, 11) is 0. The third-order valence-corrected chi connectivity index (χ3v) is 7.03. The number of alkyl halides is 3. The number of nitrogens with zero attached hydrogens (tertiary/aromatic N) is 3. The van der Waals surface area contributed by atoms with Crippen molar-refractivity contribution >= 4 is 5.78 Å². The van der Waals surface area contributed by atoms with Crippen LogP contribution in [0.25, 0.3) is 11.3 Å². The minimum absolute atomic E-state index is 0.0663. The third-order valence-electron chi connectivity index (χ3n) is 7.03. The van der Waals surface area contributed by atoms with Gasteiger partial charge < -0.3 is 4.42 Å². The van der Waals surface area contributed by atoms with Crippen molar-refractivity contribution < 1.29 is 31.2 Å². The van der Waals surface area contributed by atoms with Crippen LogP contribution in [-0.4, -0.2) is 20.5 Å². The van der Waals surface area contributed by atoms with E-state index in [2.05, 4.69) is 10.1 Å². The van der Waals surface area contributed by atoms with Crippen LogP contribution >= 0.6 is 0 Å². The maximum absolute atomic E-state index is 14.0. The van der Waals surface area contributed by atoms with E-state index in [1.807, 2.05) is 31.2 Å². The van der Waals surface area contributed by atoms with Gasteiger partial charge in [-0.1, -0.05) is 29.8 Å². The van der Waals surface area contributed by atoms with Crippen LogP contribution in [0.2, 0.25) is 0 Å². The van der Waals surface area contributed by atoms with Crippen LogP contribution in [0.5, 0.6) is 0 Å². The standard InChI is InChI=1S/C29H26F5N3O2/c1-17-6-8-19(9-7-17)27-26(35-16-39-27)20(10-18-11-21(30)14-22(31)12-18)13-23(38)15-37-25-5-3-2-4-24(25)28(36-37)29(32,33)34/h6-9,11-12,14,16,20H,2-5,10,13,15H2,1H3. The topological polar surface area (TPSA) is 60.9 Å². The van der Waals surface area contributed by atoms with E-state index in [9.17, 15) is 26.7 Å². The molecule has 0 saturated carbocycles. The van der Waals surface area contributed by atoms with Crippen molar-refractivity contribution in [1.82, 2.24) is 14.8 Å². The van der Waals surface area contributed by atoms with E-state index in [0.29, 0.717) is 41.1 Å². The number of carbonyl (C=O) groups is 1. The van der Waals surface area contributed by atoms with Gasteiger partial charge in [-0.3, -0.25) is 9.48 Å². The average Bonchev–Trinajstić information content (AvgIpc) is 3.49. The van der Waals surface area contributed by atoms with E-state index >= 15 is 0 Å². The van der Waals surface area contributed by atoms with E-state index in [-0.39, 0.29) is 37.2 Å². The number of hydrogen-bond donors (Lipinski definition) is 0. The summed E-state index contributed by atoms with van der Waals surface area (Å²) in [5.74, 6) is -2.12. The quantitative estimate of drug-likeness (QED) is 0.224. The van der Waals surface area contributed by atoms with Crippen LogP contribution < -0.4 is 0 Å². The second-order valence-corrected chi connectivity index (χ2v) is 9.99. The van der Waals surface area contributed by atoms with Gasteiger partial charge in [0.2, 0.25) is 0 Å². The number of carbonyl (C=O) groups excluding carboxylic acids is 1. The molecule has 5 rings (SSSR count). The van der Waals surface area contributed by atoms with E-state index in [1.165, 1.54) is 23.2 Å². The van der Waals surface area contributed by atoms with Crippen LogP contribution in [0.3, 0.4) is 0 Å². The molecular formula is C29H26F5N3O2. The summed E-state index contributed by atoms with van der Waals surface area (Å²) in [6, 6.07) is 10.6. The Balaban J connectivity index is 1.46. The zero-order valence-corrected chi connectivity index (χ0v) is 21.2. The number of aromatic nitrogens is 3. The molecule has 4 aromatic rings. The highest BCUT2D eigenvalue weighted by Crippen LogP contribution is 2.37. The van der Waals surface area contributed by atoms with Crippen LogP contribution in [0, 0.1) is 18.6 Å². The molecule has 1 aliphatic carbocycles. The molecule has 1 unspecified atom stereocenters. The fourth-order valence-electron chi connectivity index (χ4n) is 5.28. The minimum atomic E-state index is -4.61. The average molecular weight is 544 g/mol. The monoisotopic (exact) mass is 543 g/mol. The zero-order chi connectivity index (χ0) is 27.7. The third kappa shape index (κ3) is 5.94. The summed E-state index contributed by atoms with van der Waals surface area (Å²) in [5, 5.41) is 3.79. The van der Waals surface area contributed by atoms with Crippen molar-refractivity contribution in [3.8, 4) is 11.3 Å². The first kappa shape index (κ1) is 26.8. The molecular weight excluding hydrogens is 517 g/mol. The van der Waals surface area contributed by atoms with Gasteiger partial charge in [-0.25, -0.2) is 13.8 Å². The summed E-state index contributed by atoms with van der Waals surface area (Å²) in [6.45, 7) is 1.59. The smallest absolute Gasteiger partial charge is 0.435 e. The molecule has 0 radical (unpaired) electrons. The molecule has 204 valence electrons. The molecule has 1 atom stereocenters. The summed E-state index contributed by atoms with van der Waals surface area (Å²) in [5.41, 5.74) is 2.15. The second kappa shape index (κ2) is 10.7. The molecule has 10 heteroatoms. The van der Waals surface area contributed by atoms with Crippen LogP contribution in [0.4, 0.5) is 22.0 Å². The normalized spacial score (nSPS) is 14.3. The largest absolute Gasteiger partial charge is 0.443 e. The molecule has 0 saturated heterocycles. The predicted octanol–water partition coefficient (Wildman–Crippen LogP) is 7.01. The van der Waals surface area contributed by atoms with E-state index in [1.54, 1.807) is 0 Å². The highest BCUT2D eigenvalue weighted by atomic mass is 19.4. The Morgan fingerprint density at radius 3 is 2.44 bits per heavy atom. The zero-order valence-electron chi connectivity index (χ0n) is 21.2. The number of hydrogen-bond acceptors (Lipinski definition) is 4. The SMILES string of the molecule is Cc1ccc(-c2ocnc2C(CC(=O)Cn2nc(C(F)(F)F)c3c2CCCC3)Cc2cc(F)cc(F)c2)cc1. The maximum Gasteiger partial charge on any atom is 0.435 e. The number of ketones is 1. The van der Waals surface area contributed by atoms with Crippen molar-refractivity contribution in [2.45, 2.75) is 64.1 Å². The second-order valence-electron chi connectivity index (χ2n) is 9.99. The molecule has 0 fully saturated rings. The lowest BCUT2D eigenvalue weighted by molar-refractivity contribution is -0.142. The number of rotatable bonds is 8. The fraction of sp³-hybridized carbons (Fsp3) is 0.345. The predicted molar refractivity (Wildman–Crippen MR) is 133 cm³/mol. The Labute approximate surface area is 221 Å². The lowest BCUT2D eigenvalue weighted by atomic mass is 9.89. The molecule has 0 N–H and O–H groups in total. The molecule has 39 heavy (non-hydrogen) atoms. The number of fused-ring (bicyclic) bond motifs is 1.